The van der Waals surface area contributed by atoms with Crippen molar-refractivity contribution in [3.8, 4) is 11.1 Å². The van der Waals surface area contributed by atoms with E-state index in [4.69, 9.17) is 5.73 Å². The Balaban J connectivity index is 1.96. The molecule has 3 rings (SSSR count). The molecule has 1 saturated heterocycles. The molecule has 1 aliphatic rings. The number of hydrogen-bond donors (Lipinski definition) is 1. The largest absolute Gasteiger partial charge is 0.366 e. The molecule has 1 fully saturated rings. The molecular weight excluding hydrogens is 381 g/mol. The number of primary amides is 1. The molecule has 2 amide bonds. The van der Waals surface area contributed by atoms with Crippen molar-refractivity contribution in [3.05, 3.63) is 47.0 Å². The summed E-state index contributed by atoms with van der Waals surface area (Å²) in [5.41, 5.74) is 9.87. The fourth-order valence-corrected chi connectivity index (χ4v) is 4.49. The van der Waals surface area contributed by atoms with Gasteiger partial charge in [0.1, 0.15) is 5.82 Å². The van der Waals surface area contributed by atoms with Gasteiger partial charge < -0.3 is 15.2 Å². The van der Waals surface area contributed by atoms with Crippen LogP contribution in [0.3, 0.4) is 0 Å². The van der Waals surface area contributed by atoms with Crippen molar-refractivity contribution in [3.63, 3.8) is 0 Å². The van der Waals surface area contributed by atoms with Gasteiger partial charge in [-0.05, 0) is 50.3 Å². The second-order valence-corrected chi connectivity index (χ2v) is 8.10. The lowest BCUT2D eigenvalue weighted by Crippen LogP contribution is -2.26. The maximum Gasteiger partial charge on any atom is 0.251 e. The molecule has 0 atom stereocenters. The van der Waals surface area contributed by atoms with E-state index < -0.39 is 5.91 Å². The lowest BCUT2D eigenvalue weighted by molar-refractivity contribution is -0.127. The van der Waals surface area contributed by atoms with Crippen molar-refractivity contribution in [2.75, 3.05) is 13.1 Å². The molecule has 0 radical (unpaired) electrons. The van der Waals surface area contributed by atoms with Crippen LogP contribution in [0.5, 0.6) is 0 Å². The first-order valence-corrected chi connectivity index (χ1v) is 11.0. The third-order valence-corrected chi connectivity index (χ3v) is 6.01. The molecule has 1 aromatic carbocycles. The van der Waals surface area contributed by atoms with Gasteiger partial charge in [-0.15, -0.1) is 0 Å². The van der Waals surface area contributed by atoms with Gasteiger partial charge in [0.2, 0.25) is 5.91 Å². The number of aromatic nitrogens is 1. The number of rotatable bonds is 10. The smallest absolute Gasteiger partial charge is 0.251 e. The molecule has 2 heterocycles. The first-order chi connectivity index (χ1) is 14.4. The number of amides is 2. The minimum Gasteiger partial charge on any atom is -0.366 e. The highest BCUT2D eigenvalue weighted by Crippen LogP contribution is 2.34. The Morgan fingerprint density at radius 2 is 1.87 bits per heavy atom. The average molecular weight is 414 g/mol. The van der Waals surface area contributed by atoms with Crippen LogP contribution in [0.15, 0.2) is 24.3 Å². The summed E-state index contributed by atoms with van der Waals surface area (Å²) in [6.45, 7) is 6.37. The van der Waals surface area contributed by atoms with E-state index in [2.05, 4.69) is 11.5 Å². The lowest BCUT2D eigenvalue weighted by atomic mass is 9.97. The molecular formula is C24H32FN3O2. The molecule has 0 unspecified atom stereocenters. The molecule has 2 N–H and O–H groups in total. The minimum absolute atomic E-state index is 0.229. The zero-order valence-corrected chi connectivity index (χ0v) is 18.0. The SMILES string of the molecule is CCCCCc1c(-c2ccc(F)cc2)c(C(N)=O)c(C)n1CCCN1CCCC1=O. The van der Waals surface area contributed by atoms with Crippen molar-refractivity contribution < 1.29 is 14.0 Å². The van der Waals surface area contributed by atoms with Gasteiger partial charge in [-0.25, -0.2) is 4.39 Å². The van der Waals surface area contributed by atoms with E-state index in [1.165, 1.54) is 12.1 Å². The van der Waals surface area contributed by atoms with Crippen molar-refractivity contribution in [1.29, 1.82) is 0 Å². The first-order valence-electron chi connectivity index (χ1n) is 11.0. The maximum absolute atomic E-state index is 13.5. The highest BCUT2D eigenvalue weighted by molar-refractivity contribution is 6.02. The number of carbonyl (C=O) groups is 2. The zero-order chi connectivity index (χ0) is 21.7. The molecule has 0 spiro atoms. The maximum atomic E-state index is 13.5. The monoisotopic (exact) mass is 413 g/mol. The van der Waals surface area contributed by atoms with E-state index in [9.17, 15) is 14.0 Å². The van der Waals surface area contributed by atoms with Gasteiger partial charge >= 0.3 is 0 Å². The summed E-state index contributed by atoms with van der Waals surface area (Å²) < 4.78 is 15.7. The molecule has 0 aliphatic carbocycles. The lowest BCUT2D eigenvalue weighted by Gasteiger charge is -2.18. The molecule has 30 heavy (non-hydrogen) atoms. The van der Waals surface area contributed by atoms with Gasteiger partial charge in [-0.2, -0.15) is 0 Å². The topological polar surface area (TPSA) is 68.3 Å². The Kier molecular flexibility index (Phi) is 7.29. The van der Waals surface area contributed by atoms with E-state index in [0.717, 1.165) is 80.7 Å². The Bertz CT molecular complexity index is 902. The fraction of sp³-hybridized carbons (Fsp3) is 0.500. The summed E-state index contributed by atoms with van der Waals surface area (Å²) in [5, 5.41) is 0. The Hall–Kier alpha value is -2.63. The normalized spacial score (nSPS) is 14.0. The molecule has 5 nitrogen and oxygen atoms in total. The zero-order valence-electron chi connectivity index (χ0n) is 18.0. The van der Waals surface area contributed by atoms with Crippen LogP contribution < -0.4 is 5.73 Å². The summed E-state index contributed by atoms with van der Waals surface area (Å²) in [6.07, 6.45) is 6.44. The second-order valence-electron chi connectivity index (χ2n) is 8.10. The van der Waals surface area contributed by atoms with Gasteiger partial charge in [0.25, 0.3) is 5.91 Å². The van der Waals surface area contributed by atoms with Crippen LogP contribution in [0.4, 0.5) is 4.39 Å². The summed E-state index contributed by atoms with van der Waals surface area (Å²) in [5.74, 6) is -0.539. The minimum atomic E-state index is -0.461. The first kappa shape index (κ1) is 22.1. The van der Waals surface area contributed by atoms with Crippen LogP contribution in [0.25, 0.3) is 11.1 Å². The van der Waals surface area contributed by atoms with Crippen LogP contribution in [-0.2, 0) is 17.8 Å². The van der Waals surface area contributed by atoms with Crippen molar-refractivity contribution in [2.45, 2.75) is 65.3 Å². The number of likely N-dealkylation sites (tertiary alicyclic amines) is 1. The van der Waals surface area contributed by atoms with E-state index >= 15 is 0 Å². The Morgan fingerprint density at radius 1 is 1.13 bits per heavy atom. The van der Waals surface area contributed by atoms with Gasteiger partial charge in [0.05, 0.1) is 5.56 Å². The van der Waals surface area contributed by atoms with Crippen LogP contribution in [0.2, 0.25) is 0 Å². The molecule has 1 aliphatic heterocycles. The highest BCUT2D eigenvalue weighted by Gasteiger charge is 2.25. The van der Waals surface area contributed by atoms with Gasteiger partial charge in [-0.3, -0.25) is 9.59 Å². The van der Waals surface area contributed by atoms with Crippen LogP contribution in [0, 0.1) is 12.7 Å². The van der Waals surface area contributed by atoms with Crippen LogP contribution in [-0.4, -0.2) is 34.4 Å². The number of halogens is 1. The van der Waals surface area contributed by atoms with E-state index in [1.54, 1.807) is 12.1 Å². The predicted octanol–water partition coefficient (Wildman–Crippen LogP) is 4.45. The van der Waals surface area contributed by atoms with Crippen molar-refractivity contribution >= 4 is 11.8 Å². The van der Waals surface area contributed by atoms with Gasteiger partial charge in [0, 0.05) is 43.0 Å². The van der Waals surface area contributed by atoms with Crippen molar-refractivity contribution in [2.24, 2.45) is 5.73 Å². The van der Waals surface area contributed by atoms with Crippen LogP contribution >= 0.6 is 0 Å². The third-order valence-electron chi connectivity index (χ3n) is 6.01. The number of carbonyl (C=O) groups excluding carboxylic acids is 2. The quantitative estimate of drug-likeness (QED) is 0.585. The van der Waals surface area contributed by atoms with E-state index in [0.29, 0.717) is 12.0 Å². The molecule has 2 aromatic rings. The number of nitrogens with two attached hydrogens (primary N) is 1. The standard InChI is InChI=1S/C24H32FN3O2/c1-3-4-5-8-20-23(18-10-12-19(25)13-11-18)22(24(26)30)17(2)28(20)16-7-15-27-14-6-9-21(27)29/h10-13H,3-9,14-16H2,1-2H3,(H2,26,30). The fourth-order valence-electron chi connectivity index (χ4n) is 4.49. The molecule has 1 aromatic heterocycles. The summed E-state index contributed by atoms with van der Waals surface area (Å²) in [6, 6.07) is 6.27. The Morgan fingerprint density at radius 3 is 2.47 bits per heavy atom. The van der Waals surface area contributed by atoms with Gasteiger partial charge in [-0.1, -0.05) is 31.9 Å². The molecule has 6 heteroatoms. The second kappa shape index (κ2) is 9.92. The summed E-state index contributed by atoms with van der Waals surface area (Å²) in [4.78, 5) is 26.2. The summed E-state index contributed by atoms with van der Waals surface area (Å²) in [7, 11) is 0. The number of hydrogen-bond acceptors (Lipinski definition) is 2. The van der Waals surface area contributed by atoms with Gasteiger partial charge in [0.15, 0.2) is 0 Å². The Labute approximate surface area is 178 Å². The number of benzene rings is 1. The summed E-state index contributed by atoms with van der Waals surface area (Å²) >= 11 is 0. The average Bonchev–Trinajstić information content (AvgIpc) is 3.24. The third kappa shape index (κ3) is 4.74. The molecule has 0 saturated carbocycles. The predicted molar refractivity (Wildman–Crippen MR) is 117 cm³/mol. The van der Waals surface area contributed by atoms with E-state index in [1.807, 2.05) is 11.8 Å². The van der Waals surface area contributed by atoms with Crippen LogP contribution in [0.1, 0.15) is 67.2 Å². The highest BCUT2D eigenvalue weighted by atomic mass is 19.1. The number of unbranched alkanes of at least 4 members (excludes halogenated alkanes) is 2. The number of nitrogens with zero attached hydrogens (tertiary/aromatic N) is 2. The molecule has 162 valence electrons. The van der Waals surface area contributed by atoms with Crippen molar-refractivity contribution in [1.82, 2.24) is 9.47 Å². The molecule has 0 bridgehead atoms. The van der Waals surface area contributed by atoms with E-state index in [-0.39, 0.29) is 11.7 Å².